The Morgan fingerprint density at radius 1 is 1.39 bits per heavy atom. The third-order valence-corrected chi connectivity index (χ3v) is 4.53. The van der Waals surface area contributed by atoms with Gasteiger partial charge in [-0.3, -0.25) is 0 Å². The topological polar surface area (TPSA) is 61.0 Å². The molecular formula is C13H17N3OS. The molecule has 0 atom stereocenters. The molecule has 0 unspecified atom stereocenters. The zero-order valence-corrected chi connectivity index (χ0v) is 11.3. The fraction of sp³-hybridized carbons (Fsp3) is 0.538. The first-order valence-corrected chi connectivity index (χ1v) is 7.30. The Hall–Kier alpha value is -1.36. The third-order valence-electron chi connectivity index (χ3n) is 3.36. The van der Waals surface area contributed by atoms with Gasteiger partial charge in [-0.05, 0) is 38.2 Å². The summed E-state index contributed by atoms with van der Waals surface area (Å²) in [6.45, 7) is 2.14. The molecule has 0 spiro atoms. The predicted octanol–water partition coefficient (Wildman–Crippen LogP) is 3.16. The van der Waals surface area contributed by atoms with Gasteiger partial charge in [0.05, 0.1) is 5.39 Å². The summed E-state index contributed by atoms with van der Waals surface area (Å²) in [5, 5.41) is 1.01. The number of thiophene rings is 1. The van der Waals surface area contributed by atoms with Crippen molar-refractivity contribution in [3.8, 4) is 5.88 Å². The Morgan fingerprint density at radius 2 is 2.17 bits per heavy atom. The normalized spacial score (nSPS) is 16.5. The molecule has 2 N–H and O–H groups in total. The molecule has 2 aromatic heterocycles. The van der Waals surface area contributed by atoms with Crippen LogP contribution in [0.5, 0.6) is 5.88 Å². The van der Waals surface area contributed by atoms with E-state index in [1.54, 1.807) is 11.3 Å². The van der Waals surface area contributed by atoms with E-state index >= 15 is 0 Å². The number of aryl methyl sites for hydroxylation is 1. The van der Waals surface area contributed by atoms with Gasteiger partial charge in [0.15, 0.2) is 0 Å². The molecule has 5 heteroatoms. The maximum atomic E-state index is 6.00. The average Bonchev–Trinajstić information content (AvgIpc) is 2.97. The summed E-state index contributed by atoms with van der Waals surface area (Å²) in [5.41, 5.74) is 5.75. The molecule has 3 rings (SSSR count). The van der Waals surface area contributed by atoms with Gasteiger partial charge in [-0.1, -0.05) is 6.92 Å². The van der Waals surface area contributed by atoms with Crippen molar-refractivity contribution in [3.63, 3.8) is 0 Å². The van der Waals surface area contributed by atoms with Crippen LogP contribution < -0.4 is 10.5 Å². The number of nitrogens with two attached hydrogens (primary N) is 1. The zero-order chi connectivity index (χ0) is 12.5. The summed E-state index contributed by atoms with van der Waals surface area (Å²) in [5.74, 6) is 0.973. The summed E-state index contributed by atoms with van der Waals surface area (Å²) >= 11 is 1.67. The third kappa shape index (κ3) is 2.14. The molecule has 18 heavy (non-hydrogen) atoms. The molecule has 0 saturated heterocycles. The van der Waals surface area contributed by atoms with E-state index in [9.17, 15) is 0 Å². The molecule has 2 heterocycles. The molecule has 0 amide bonds. The van der Waals surface area contributed by atoms with E-state index in [2.05, 4.69) is 23.0 Å². The molecule has 1 aliphatic rings. The minimum absolute atomic E-state index is 0.299. The van der Waals surface area contributed by atoms with Crippen LogP contribution in [0.25, 0.3) is 10.2 Å². The Kier molecular flexibility index (Phi) is 3.07. The van der Waals surface area contributed by atoms with Crippen LogP contribution in [0.1, 0.15) is 37.5 Å². The second kappa shape index (κ2) is 4.72. The van der Waals surface area contributed by atoms with Gasteiger partial charge >= 0.3 is 0 Å². The van der Waals surface area contributed by atoms with Crippen molar-refractivity contribution in [2.24, 2.45) is 0 Å². The molecule has 2 aromatic rings. The van der Waals surface area contributed by atoms with Gasteiger partial charge in [-0.25, -0.2) is 4.98 Å². The van der Waals surface area contributed by atoms with Crippen molar-refractivity contribution in [3.05, 3.63) is 10.9 Å². The summed E-state index contributed by atoms with van der Waals surface area (Å²) < 4.78 is 6.00. The van der Waals surface area contributed by atoms with Crippen LogP contribution in [0.3, 0.4) is 0 Å². The van der Waals surface area contributed by atoms with Crippen molar-refractivity contribution >= 4 is 27.5 Å². The fourth-order valence-electron chi connectivity index (χ4n) is 2.39. The molecule has 0 aliphatic heterocycles. The van der Waals surface area contributed by atoms with E-state index in [1.165, 1.54) is 17.7 Å². The Morgan fingerprint density at radius 3 is 2.89 bits per heavy atom. The van der Waals surface area contributed by atoms with Crippen molar-refractivity contribution in [2.75, 3.05) is 5.73 Å². The van der Waals surface area contributed by atoms with E-state index < -0.39 is 0 Å². The largest absolute Gasteiger partial charge is 0.474 e. The zero-order valence-electron chi connectivity index (χ0n) is 10.5. The fourth-order valence-corrected chi connectivity index (χ4v) is 3.35. The molecule has 0 aromatic carbocycles. The maximum absolute atomic E-state index is 6.00. The summed E-state index contributed by atoms with van der Waals surface area (Å²) in [4.78, 5) is 10.8. The summed E-state index contributed by atoms with van der Waals surface area (Å²) in [6.07, 6.45) is 6.04. The van der Waals surface area contributed by atoms with Gasteiger partial charge < -0.3 is 10.5 Å². The van der Waals surface area contributed by atoms with Crippen molar-refractivity contribution in [2.45, 2.75) is 45.1 Å². The van der Waals surface area contributed by atoms with E-state index in [1.807, 2.05) is 0 Å². The molecule has 1 fully saturated rings. The minimum atomic E-state index is 0.299. The first-order valence-electron chi connectivity index (χ1n) is 6.49. The van der Waals surface area contributed by atoms with Crippen LogP contribution in [0.2, 0.25) is 0 Å². The van der Waals surface area contributed by atoms with Crippen LogP contribution in [-0.2, 0) is 6.42 Å². The maximum Gasteiger partial charge on any atom is 0.227 e. The molecule has 1 aliphatic carbocycles. The molecule has 96 valence electrons. The number of nitrogens with zero attached hydrogens (tertiary/aromatic N) is 2. The number of hydrogen-bond donors (Lipinski definition) is 1. The molecule has 4 nitrogen and oxygen atoms in total. The van der Waals surface area contributed by atoms with Gasteiger partial charge in [-0.15, -0.1) is 11.3 Å². The standard InChI is InChI=1S/C13H17N3OS/c1-2-9-7-10-11(17-8-5-3-4-6-8)15-13(14)16-12(10)18-9/h7-8H,2-6H2,1H3,(H2,14,15,16). The number of anilines is 1. The van der Waals surface area contributed by atoms with Crippen molar-refractivity contribution < 1.29 is 4.74 Å². The minimum Gasteiger partial charge on any atom is -0.474 e. The van der Waals surface area contributed by atoms with E-state index in [0.717, 1.165) is 29.5 Å². The number of aromatic nitrogens is 2. The van der Waals surface area contributed by atoms with Gasteiger partial charge in [0.25, 0.3) is 0 Å². The van der Waals surface area contributed by atoms with Gasteiger partial charge in [-0.2, -0.15) is 4.98 Å². The molecule has 1 saturated carbocycles. The van der Waals surface area contributed by atoms with Crippen LogP contribution in [-0.4, -0.2) is 16.1 Å². The Labute approximate surface area is 110 Å². The number of rotatable bonds is 3. The monoisotopic (exact) mass is 263 g/mol. The van der Waals surface area contributed by atoms with Gasteiger partial charge in [0.1, 0.15) is 10.9 Å². The quantitative estimate of drug-likeness (QED) is 0.924. The highest BCUT2D eigenvalue weighted by Gasteiger charge is 2.19. The predicted molar refractivity (Wildman–Crippen MR) is 74.1 cm³/mol. The van der Waals surface area contributed by atoms with E-state index in [4.69, 9.17) is 10.5 Å². The number of nitrogen functional groups attached to an aromatic ring is 1. The van der Waals surface area contributed by atoms with Crippen LogP contribution in [0.4, 0.5) is 5.95 Å². The SMILES string of the molecule is CCc1cc2c(OC3CCCC3)nc(N)nc2s1. The average molecular weight is 263 g/mol. The highest BCUT2D eigenvalue weighted by atomic mass is 32.1. The summed E-state index contributed by atoms with van der Waals surface area (Å²) in [7, 11) is 0. The van der Waals surface area contributed by atoms with E-state index in [-0.39, 0.29) is 0 Å². The van der Waals surface area contributed by atoms with Crippen LogP contribution in [0, 0.1) is 0 Å². The first-order chi connectivity index (χ1) is 8.76. The number of ether oxygens (including phenoxy) is 1. The van der Waals surface area contributed by atoms with Gasteiger partial charge in [0, 0.05) is 4.88 Å². The summed E-state index contributed by atoms with van der Waals surface area (Å²) in [6, 6.07) is 2.13. The lowest BCUT2D eigenvalue weighted by molar-refractivity contribution is 0.204. The first kappa shape index (κ1) is 11.7. The second-order valence-electron chi connectivity index (χ2n) is 4.70. The van der Waals surface area contributed by atoms with E-state index in [0.29, 0.717) is 17.9 Å². The lowest BCUT2D eigenvalue weighted by Crippen LogP contribution is -2.12. The van der Waals surface area contributed by atoms with Crippen molar-refractivity contribution in [1.82, 2.24) is 9.97 Å². The number of hydrogen-bond acceptors (Lipinski definition) is 5. The van der Waals surface area contributed by atoms with Crippen LogP contribution in [0.15, 0.2) is 6.07 Å². The van der Waals surface area contributed by atoms with Crippen LogP contribution >= 0.6 is 11.3 Å². The molecular weight excluding hydrogens is 246 g/mol. The van der Waals surface area contributed by atoms with Crippen molar-refractivity contribution in [1.29, 1.82) is 0 Å². The lowest BCUT2D eigenvalue weighted by Gasteiger charge is -2.12. The molecule has 0 bridgehead atoms. The Bertz CT molecular complexity index is 561. The highest BCUT2D eigenvalue weighted by molar-refractivity contribution is 7.18. The van der Waals surface area contributed by atoms with Gasteiger partial charge in [0.2, 0.25) is 11.8 Å². The lowest BCUT2D eigenvalue weighted by atomic mass is 10.3. The smallest absolute Gasteiger partial charge is 0.227 e. The Balaban J connectivity index is 2.00. The number of fused-ring (bicyclic) bond motifs is 1. The highest BCUT2D eigenvalue weighted by Crippen LogP contribution is 2.33. The molecule has 0 radical (unpaired) electrons. The second-order valence-corrected chi connectivity index (χ2v) is 5.81.